The largest absolute Gasteiger partial charge is 0.491 e. The quantitative estimate of drug-likeness (QED) is 0.281. The second-order valence-electron chi connectivity index (χ2n) is 6.06. The van der Waals surface area contributed by atoms with Crippen LogP contribution in [0.2, 0.25) is 0 Å². The zero-order chi connectivity index (χ0) is 21.9. The lowest BCUT2D eigenvalue weighted by Crippen LogP contribution is -2.14. The molecule has 0 aliphatic heterocycles. The van der Waals surface area contributed by atoms with Gasteiger partial charge in [0.05, 0.1) is 65.9 Å². The predicted octanol–water partition coefficient (Wildman–Crippen LogP) is 2.04. The Labute approximate surface area is 177 Å². The molecule has 0 radical (unpaired) electrons. The fourth-order valence-electron chi connectivity index (χ4n) is 2.21. The Hall–Kier alpha value is -2.20. The Bertz CT molecular complexity index is 579. The maximum atomic E-state index is 11.1. The van der Waals surface area contributed by atoms with Gasteiger partial charge in [-0.1, -0.05) is 0 Å². The van der Waals surface area contributed by atoms with Crippen molar-refractivity contribution in [3.8, 4) is 5.75 Å². The fourth-order valence-corrected chi connectivity index (χ4v) is 2.21. The first-order valence-electron chi connectivity index (χ1n) is 10.1. The molecule has 1 aromatic rings. The van der Waals surface area contributed by atoms with Crippen molar-refractivity contribution in [2.75, 3.05) is 71.4 Å². The zero-order valence-electron chi connectivity index (χ0n) is 17.9. The molecule has 0 bridgehead atoms. The van der Waals surface area contributed by atoms with Gasteiger partial charge < -0.3 is 33.7 Å². The van der Waals surface area contributed by atoms with Gasteiger partial charge in [0, 0.05) is 12.6 Å². The summed E-state index contributed by atoms with van der Waals surface area (Å²) in [6.07, 6.45) is 0.257. The van der Waals surface area contributed by atoms with Gasteiger partial charge in [-0.25, -0.2) is 0 Å². The number of ether oxygens (including phenoxy) is 6. The molecule has 1 amide bonds. The van der Waals surface area contributed by atoms with E-state index in [9.17, 15) is 9.59 Å². The topological polar surface area (TPSA) is 102 Å². The molecule has 0 fully saturated rings. The average molecular weight is 427 g/mol. The summed E-state index contributed by atoms with van der Waals surface area (Å²) in [6, 6.07) is 7.14. The standard InChI is InChI=1S/C21H33NO8/c1-3-29-21(24)8-9-25-10-11-26-12-13-27-14-15-28-16-17-30-20-6-4-19(5-7-20)22-18(2)23/h4-7H,3,8-17H2,1-2H3,(H,22,23). The Balaban J connectivity index is 1.82. The molecule has 9 heteroatoms. The van der Waals surface area contributed by atoms with Gasteiger partial charge in [0.1, 0.15) is 12.4 Å². The summed E-state index contributed by atoms with van der Waals surface area (Å²) in [7, 11) is 0. The van der Waals surface area contributed by atoms with Crippen LogP contribution in [0.5, 0.6) is 5.75 Å². The molecule has 170 valence electrons. The van der Waals surface area contributed by atoms with E-state index in [0.29, 0.717) is 71.8 Å². The Kier molecular flexibility index (Phi) is 15.2. The van der Waals surface area contributed by atoms with Crippen molar-refractivity contribution in [3.05, 3.63) is 24.3 Å². The number of hydrogen-bond donors (Lipinski definition) is 1. The molecular formula is C21H33NO8. The van der Waals surface area contributed by atoms with Crippen LogP contribution in [0.15, 0.2) is 24.3 Å². The SMILES string of the molecule is CCOC(=O)CCOCCOCCOCCOCCOc1ccc(NC(C)=O)cc1. The Morgan fingerprint density at radius 2 is 1.27 bits per heavy atom. The van der Waals surface area contributed by atoms with Crippen molar-refractivity contribution in [1.82, 2.24) is 0 Å². The highest BCUT2D eigenvalue weighted by atomic mass is 16.6. The van der Waals surface area contributed by atoms with Gasteiger partial charge >= 0.3 is 5.97 Å². The Morgan fingerprint density at radius 1 is 0.767 bits per heavy atom. The molecule has 0 aliphatic carbocycles. The lowest BCUT2D eigenvalue weighted by atomic mass is 10.3. The molecule has 1 aromatic carbocycles. The highest BCUT2D eigenvalue weighted by Gasteiger charge is 2.01. The number of nitrogens with one attached hydrogen (secondary N) is 1. The van der Waals surface area contributed by atoms with Crippen molar-refractivity contribution in [3.63, 3.8) is 0 Å². The van der Waals surface area contributed by atoms with E-state index in [1.54, 1.807) is 31.2 Å². The van der Waals surface area contributed by atoms with Gasteiger partial charge in [-0.3, -0.25) is 9.59 Å². The maximum absolute atomic E-state index is 11.1. The molecule has 0 spiro atoms. The minimum Gasteiger partial charge on any atom is -0.491 e. The number of benzene rings is 1. The molecule has 0 unspecified atom stereocenters. The first-order chi connectivity index (χ1) is 14.6. The first kappa shape index (κ1) is 25.8. The predicted molar refractivity (Wildman–Crippen MR) is 111 cm³/mol. The number of hydrogen-bond acceptors (Lipinski definition) is 8. The van der Waals surface area contributed by atoms with Crippen LogP contribution in [0.1, 0.15) is 20.3 Å². The van der Waals surface area contributed by atoms with Gasteiger partial charge in [-0.2, -0.15) is 0 Å². The molecule has 0 saturated carbocycles. The number of amides is 1. The summed E-state index contributed by atoms with van der Waals surface area (Å²) < 4.78 is 31.8. The van der Waals surface area contributed by atoms with Crippen molar-refractivity contribution in [2.24, 2.45) is 0 Å². The van der Waals surface area contributed by atoms with Crippen LogP contribution in [0, 0.1) is 0 Å². The third-order valence-electron chi connectivity index (χ3n) is 3.54. The van der Waals surface area contributed by atoms with Crippen LogP contribution in [0.3, 0.4) is 0 Å². The van der Waals surface area contributed by atoms with E-state index in [0.717, 1.165) is 5.69 Å². The molecule has 1 rings (SSSR count). The van der Waals surface area contributed by atoms with Crippen LogP contribution in [0.4, 0.5) is 5.69 Å². The van der Waals surface area contributed by atoms with Gasteiger partial charge in [-0.05, 0) is 31.2 Å². The van der Waals surface area contributed by atoms with Crippen molar-refractivity contribution in [1.29, 1.82) is 0 Å². The van der Waals surface area contributed by atoms with Crippen LogP contribution < -0.4 is 10.1 Å². The van der Waals surface area contributed by atoms with E-state index in [-0.39, 0.29) is 18.3 Å². The third-order valence-corrected chi connectivity index (χ3v) is 3.54. The molecule has 0 atom stereocenters. The number of carbonyl (C=O) groups excluding carboxylic acids is 2. The molecule has 0 aliphatic rings. The molecule has 9 nitrogen and oxygen atoms in total. The van der Waals surface area contributed by atoms with Crippen molar-refractivity contribution < 1.29 is 38.0 Å². The lowest BCUT2D eigenvalue weighted by molar-refractivity contribution is -0.144. The van der Waals surface area contributed by atoms with Gasteiger partial charge in [-0.15, -0.1) is 0 Å². The van der Waals surface area contributed by atoms with E-state index >= 15 is 0 Å². The summed E-state index contributed by atoms with van der Waals surface area (Å²) in [5, 5.41) is 2.70. The number of anilines is 1. The zero-order valence-corrected chi connectivity index (χ0v) is 17.9. The fraction of sp³-hybridized carbons (Fsp3) is 0.619. The Morgan fingerprint density at radius 3 is 1.77 bits per heavy atom. The monoisotopic (exact) mass is 427 g/mol. The van der Waals surface area contributed by atoms with Crippen LogP contribution in [-0.2, 0) is 33.3 Å². The van der Waals surface area contributed by atoms with Gasteiger partial charge in [0.2, 0.25) is 5.91 Å². The normalized spacial score (nSPS) is 10.6. The van der Waals surface area contributed by atoms with E-state index in [1.165, 1.54) is 6.92 Å². The average Bonchev–Trinajstić information content (AvgIpc) is 2.72. The number of rotatable bonds is 18. The number of esters is 1. The first-order valence-corrected chi connectivity index (χ1v) is 10.1. The molecule has 1 N–H and O–H groups in total. The van der Waals surface area contributed by atoms with E-state index in [1.807, 2.05) is 0 Å². The second-order valence-corrected chi connectivity index (χ2v) is 6.06. The van der Waals surface area contributed by atoms with Gasteiger partial charge in [0.15, 0.2) is 0 Å². The number of carbonyl (C=O) groups is 2. The minimum atomic E-state index is -0.252. The summed E-state index contributed by atoms with van der Waals surface area (Å²) in [6.45, 7) is 7.62. The maximum Gasteiger partial charge on any atom is 0.308 e. The summed E-state index contributed by atoms with van der Waals surface area (Å²) in [4.78, 5) is 22.0. The van der Waals surface area contributed by atoms with Crippen molar-refractivity contribution >= 4 is 17.6 Å². The van der Waals surface area contributed by atoms with Crippen LogP contribution in [-0.4, -0.2) is 77.9 Å². The van der Waals surface area contributed by atoms with Crippen LogP contribution in [0.25, 0.3) is 0 Å². The highest BCUT2D eigenvalue weighted by Crippen LogP contribution is 2.15. The van der Waals surface area contributed by atoms with E-state index < -0.39 is 0 Å². The van der Waals surface area contributed by atoms with Crippen LogP contribution >= 0.6 is 0 Å². The van der Waals surface area contributed by atoms with E-state index in [2.05, 4.69) is 5.32 Å². The lowest BCUT2D eigenvalue weighted by Gasteiger charge is -2.09. The van der Waals surface area contributed by atoms with E-state index in [4.69, 9.17) is 28.4 Å². The molecule has 0 aromatic heterocycles. The van der Waals surface area contributed by atoms with Crippen molar-refractivity contribution in [2.45, 2.75) is 20.3 Å². The molecule has 30 heavy (non-hydrogen) atoms. The summed E-state index contributed by atoms with van der Waals surface area (Å²) >= 11 is 0. The summed E-state index contributed by atoms with van der Waals surface area (Å²) in [5.41, 5.74) is 0.730. The van der Waals surface area contributed by atoms with Gasteiger partial charge in [0.25, 0.3) is 0 Å². The smallest absolute Gasteiger partial charge is 0.308 e. The summed E-state index contributed by atoms with van der Waals surface area (Å²) in [5.74, 6) is 0.353. The molecular weight excluding hydrogens is 394 g/mol. The second kappa shape index (κ2) is 17.6. The highest BCUT2D eigenvalue weighted by molar-refractivity contribution is 5.88. The third kappa shape index (κ3) is 14.7. The molecule has 0 saturated heterocycles. The minimum absolute atomic E-state index is 0.109. The molecule has 0 heterocycles.